The summed E-state index contributed by atoms with van der Waals surface area (Å²) in [4.78, 5) is 4.21. The van der Waals surface area contributed by atoms with Crippen molar-refractivity contribution in [1.82, 2.24) is 24.5 Å². The molecule has 0 fully saturated rings. The zero-order valence-corrected chi connectivity index (χ0v) is 9.91. The molecule has 0 aliphatic carbocycles. The molecule has 0 atom stereocenters. The molecule has 88 valence electrons. The van der Waals surface area contributed by atoms with E-state index in [1.54, 1.807) is 23.4 Å². The maximum Gasteiger partial charge on any atom is 0.148 e. The van der Waals surface area contributed by atoms with Crippen LogP contribution in [0.3, 0.4) is 0 Å². The van der Waals surface area contributed by atoms with Gasteiger partial charge in [0.05, 0.1) is 11.8 Å². The van der Waals surface area contributed by atoms with Gasteiger partial charge in [0.1, 0.15) is 24.8 Å². The average Bonchev–Trinajstić information content (AvgIpc) is 2.89. The van der Waals surface area contributed by atoms with E-state index in [9.17, 15) is 0 Å². The van der Waals surface area contributed by atoms with Crippen molar-refractivity contribution in [1.29, 1.82) is 5.26 Å². The van der Waals surface area contributed by atoms with Crippen molar-refractivity contribution in [2.75, 3.05) is 0 Å². The van der Waals surface area contributed by atoms with E-state index in [2.05, 4.69) is 29.0 Å². The number of aromatic nitrogens is 5. The molecule has 2 rings (SSSR count). The van der Waals surface area contributed by atoms with Gasteiger partial charge in [-0.2, -0.15) is 15.5 Å². The molecule has 17 heavy (non-hydrogen) atoms. The highest BCUT2D eigenvalue weighted by atomic mass is 15.4. The molecular formula is C11H14N6. The number of nitrogens with zero attached hydrogens (tertiary/aromatic N) is 6. The quantitative estimate of drug-likeness (QED) is 0.787. The Morgan fingerprint density at radius 1 is 1.41 bits per heavy atom. The van der Waals surface area contributed by atoms with Crippen LogP contribution in [0.15, 0.2) is 18.7 Å². The van der Waals surface area contributed by atoms with Crippen LogP contribution in [0.5, 0.6) is 0 Å². The Hall–Kier alpha value is -2.16. The minimum absolute atomic E-state index is 0.516. The molecule has 0 aliphatic rings. The maximum atomic E-state index is 8.71. The number of hydrogen-bond acceptors (Lipinski definition) is 4. The molecular weight excluding hydrogens is 216 g/mol. The second-order valence-electron chi connectivity index (χ2n) is 4.29. The SMILES string of the molecule is CC(C)Cn1ncnc1Cn1cc(C#N)cn1. The summed E-state index contributed by atoms with van der Waals surface area (Å²) in [6.07, 6.45) is 4.80. The molecule has 6 heteroatoms. The Bertz CT molecular complexity index is 530. The lowest BCUT2D eigenvalue weighted by atomic mass is 10.2. The summed E-state index contributed by atoms with van der Waals surface area (Å²) in [7, 11) is 0. The second-order valence-corrected chi connectivity index (χ2v) is 4.29. The van der Waals surface area contributed by atoms with Gasteiger partial charge >= 0.3 is 0 Å². The molecule has 0 saturated carbocycles. The first-order chi connectivity index (χ1) is 8.19. The molecule has 0 spiro atoms. The Labute approximate surface area is 99.5 Å². The number of hydrogen-bond donors (Lipinski definition) is 0. The van der Waals surface area contributed by atoms with Gasteiger partial charge in [-0.25, -0.2) is 9.67 Å². The third-order valence-electron chi connectivity index (χ3n) is 2.30. The van der Waals surface area contributed by atoms with E-state index < -0.39 is 0 Å². The first kappa shape index (κ1) is 11.3. The van der Waals surface area contributed by atoms with Crippen LogP contribution >= 0.6 is 0 Å². The summed E-state index contributed by atoms with van der Waals surface area (Å²) >= 11 is 0. The van der Waals surface area contributed by atoms with E-state index in [1.807, 2.05) is 10.8 Å². The highest BCUT2D eigenvalue weighted by Gasteiger charge is 2.07. The first-order valence-electron chi connectivity index (χ1n) is 5.48. The lowest BCUT2D eigenvalue weighted by Gasteiger charge is -2.08. The van der Waals surface area contributed by atoms with Crippen molar-refractivity contribution in [3.05, 3.63) is 30.1 Å². The summed E-state index contributed by atoms with van der Waals surface area (Å²) in [6.45, 7) is 5.64. The van der Waals surface area contributed by atoms with Crippen molar-refractivity contribution >= 4 is 0 Å². The molecule has 0 saturated heterocycles. The summed E-state index contributed by atoms with van der Waals surface area (Å²) in [6, 6.07) is 2.05. The van der Waals surface area contributed by atoms with Crippen LogP contribution < -0.4 is 0 Å². The maximum absolute atomic E-state index is 8.71. The van der Waals surface area contributed by atoms with Crippen LogP contribution in [0, 0.1) is 17.2 Å². The molecule has 0 bridgehead atoms. The van der Waals surface area contributed by atoms with Crippen LogP contribution in [0.2, 0.25) is 0 Å². The summed E-state index contributed by atoms with van der Waals surface area (Å²) in [5.74, 6) is 1.37. The zero-order valence-electron chi connectivity index (χ0n) is 9.91. The van der Waals surface area contributed by atoms with Crippen LogP contribution in [-0.2, 0) is 13.1 Å². The van der Waals surface area contributed by atoms with Gasteiger partial charge in [-0.15, -0.1) is 0 Å². The van der Waals surface area contributed by atoms with Crippen molar-refractivity contribution in [3.63, 3.8) is 0 Å². The highest BCUT2D eigenvalue weighted by molar-refractivity contribution is 5.21. The largest absolute Gasteiger partial charge is 0.264 e. The molecule has 2 aromatic rings. The average molecular weight is 230 g/mol. The fourth-order valence-corrected chi connectivity index (χ4v) is 1.56. The van der Waals surface area contributed by atoms with Gasteiger partial charge in [-0.1, -0.05) is 13.8 Å². The van der Waals surface area contributed by atoms with Crippen molar-refractivity contribution in [2.45, 2.75) is 26.9 Å². The fourth-order valence-electron chi connectivity index (χ4n) is 1.56. The second kappa shape index (κ2) is 4.78. The zero-order chi connectivity index (χ0) is 12.3. The normalized spacial score (nSPS) is 10.7. The smallest absolute Gasteiger partial charge is 0.148 e. The Morgan fingerprint density at radius 3 is 2.88 bits per heavy atom. The minimum Gasteiger partial charge on any atom is -0.264 e. The van der Waals surface area contributed by atoms with Gasteiger partial charge in [-0.05, 0) is 5.92 Å². The van der Waals surface area contributed by atoms with Crippen molar-refractivity contribution < 1.29 is 0 Å². The van der Waals surface area contributed by atoms with E-state index in [1.165, 1.54) is 0 Å². The predicted molar refractivity (Wildman–Crippen MR) is 60.9 cm³/mol. The molecule has 2 heterocycles. The lowest BCUT2D eigenvalue weighted by molar-refractivity contribution is 0.456. The molecule has 0 N–H and O–H groups in total. The molecule has 2 aromatic heterocycles. The van der Waals surface area contributed by atoms with E-state index in [0.29, 0.717) is 18.0 Å². The molecule has 0 aromatic carbocycles. The molecule has 6 nitrogen and oxygen atoms in total. The van der Waals surface area contributed by atoms with E-state index >= 15 is 0 Å². The van der Waals surface area contributed by atoms with Crippen LogP contribution in [-0.4, -0.2) is 24.5 Å². The highest BCUT2D eigenvalue weighted by Crippen LogP contribution is 2.04. The monoisotopic (exact) mass is 230 g/mol. The molecule has 0 amide bonds. The summed E-state index contributed by atoms with van der Waals surface area (Å²) < 4.78 is 3.57. The van der Waals surface area contributed by atoms with Gasteiger partial charge in [0.15, 0.2) is 0 Å². The third-order valence-corrected chi connectivity index (χ3v) is 2.30. The van der Waals surface area contributed by atoms with Crippen LogP contribution in [0.25, 0.3) is 0 Å². The predicted octanol–water partition coefficient (Wildman–Crippen LogP) is 1.05. The summed E-state index contributed by atoms with van der Waals surface area (Å²) in [5.41, 5.74) is 0.555. The van der Waals surface area contributed by atoms with Crippen molar-refractivity contribution in [3.8, 4) is 6.07 Å². The van der Waals surface area contributed by atoms with Crippen LogP contribution in [0.1, 0.15) is 25.2 Å². The fraction of sp³-hybridized carbons (Fsp3) is 0.455. The topological polar surface area (TPSA) is 72.3 Å². The molecule has 0 aliphatic heterocycles. The standard InChI is InChI=1S/C11H14N6/c1-9(2)5-17-11(13-8-15-17)7-16-6-10(3-12)4-14-16/h4,6,8-9H,5,7H2,1-2H3. The Kier molecular flexibility index (Phi) is 3.19. The van der Waals surface area contributed by atoms with E-state index in [0.717, 1.165) is 12.4 Å². The van der Waals surface area contributed by atoms with Gasteiger partial charge in [-0.3, -0.25) is 4.68 Å². The van der Waals surface area contributed by atoms with Crippen molar-refractivity contribution in [2.24, 2.45) is 5.92 Å². The summed E-state index contributed by atoms with van der Waals surface area (Å²) in [5, 5.41) is 17.0. The van der Waals surface area contributed by atoms with Gasteiger partial charge in [0, 0.05) is 12.7 Å². The minimum atomic E-state index is 0.516. The van der Waals surface area contributed by atoms with E-state index in [-0.39, 0.29) is 0 Å². The number of rotatable bonds is 4. The third kappa shape index (κ3) is 2.69. The van der Waals surface area contributed by atoms with Gasteiger partial charge < -0.3 is 0 Å². The van der Waals surface area contributed by atoms with Gasteiger partial charge in [0.2, 0.25) is 0 Å². The van der Waals surface area contributed by atoms with Crippen LogP contribution in [0.4, 0.5) is 0 Å². The molecule has 0 radical (unpaired) electrons. The van der Waals surface area contributed by atoms with Gasteiger partial charge in [0.25, 0.3) is 0 Å². The Balaban J connectivity index is 2.13. The Morgan fingerprint density at radius 2 is 2.24 bits per heavy atom. The van der Waals surface area contributed by atoms with E-state index in [4.69, 9.17) is 5.26 Å². The number of nitriles is 1. The first-order valence-corrected chi connectivity index (χ1v) is 5.48. The lowest BCUT2D eigenvalue weighted by Crippen LogP contribution is -2.13. The molecule has 0 unspecified atom stereocenters.